The highest BCUT2D eigenvalue weighted by Gasteiger charge is 2.37. The van der Waals surface area contributed by atoms with Crippen LogP contribution >= 0.6 is 15.9 Å². The van der Waals surface area contributed by atoms with E-state index in [1.165, 1.54) is 6.07 Å². The first-order chi connectivity index (χ1) is 8.97. The van der Waals surface area contributed by atoms with E-state index in [2.05, 4.69) is 21.2 Å². The molecule has 0 heterocycles. The van der Waals surface area contributed by atoms with E-state index < -0.39 is 4.92 Å². The molecule has 1 N–H and O–H groups in total. The molecule has 0 aliphatic heterocycles. The van der Waals surface area contributed by atoms with Crippen LogP contribution in [0.5, 0.6) is 0 Å². The Kier molecular flexibility index (Phi) is 3.89. The van der Waals surface area contributed by atoms with E-state index in [1.807, 2.05) is 0 Å². The summed E-state index contributed by atoms with van der Waals surface area (Å²) in [6.45, 7) is 1.66. The van der Waals surface area contributed by atoms with Crippen molar-refractivity contribution in [3.05, 3.63) is 39.4 Å². The third kappa shape index (κ3) is 2.78. The van der Waals surface area contributed by atoms with Gasteiger partial charge < -0.3 is 5.32 Å². The Hall–Kier alpha value is -1.43. The van der Waals surface area contributed by atoms with Gasteiger partial charge in [0.25, 0.3) is 11.6 Å². The standard InChI is InChI=1S/C13H15BrN2O3/c1-9-3-4-10(7-11(9)16(18)19)12(17)15-13(8-14)5-2-6-13/h3-4,7H,2,5-6,8H2,1H3,(H,15,17). The number of nitro benzene ring substituents is 1. The molecule has 1 aromatic carbocycles. The van der Waals surface area contributed by atoms with Gasteiger partial charge in [0, 0.05) is 22.5 Å². The van der Waals surface area contributed by atoms with Crippen molar-refractivity contribution in [1.82, 2.24) is 5.32 Å². The highest BCUT2D eigenvalue weighted by molar-refractivity contribution is 9.09. The van der Waals surface area contributed by atoms with E-state index in [9.17, 15) is 14.9 Å². The zero-order valence-corrected chi connectivity index (χ0v) is 12.2. The number of nitro groups is 1. The van der Waals surface area contributed by atoms with Gasteiger partial charge >= 0.3 is 0 Å². The minimum absolute atomic E-state index is 0.0193. The molecule has 1 saturated carbocycles. The van der Waals surface area contributed by atoms with Crippen LogP contribution in [0.15, 0.2) is 18.2 Å². The lowest BCUT2D eigenvalue weighted by molar-refractivity contribution is -0.385. The third-order valence-corrected chi connectivity index (χ3v) is 4.69. The fourth-order valence-electron chi connectivity index (χ4n) is 2.16. The molecular formula is C13H15BrN2O3. The van der Waals surface area contributed by atoms with Gasteiger partial charge in [-0.3, -0.25) is 14.9 Å². The van der Waals surface area contributed by atoms with Crippen LogP contribution in [0.1, 0.15) is 35.2 Å². The van der Waals surface area contributed by atoms with Crippen LogP contribution in [0.4, 0.5) is 5.69 Å². The van der Waals surface area contributed by atoms with Crippen LogP contribution in [0, 0.1) is 17.0 Å². The van der Waals surface area contributed by atoms with E-state index in [4.69, 9.17) is 0 Å². The van der Waals surface area contributed by atoms with Gasteiger partial charge in [-0.25, -0.2) is 0 Å². The quantitative estimate of drug-likeness (QED) is 0.525. The second kappa shape index (κ2) is 5.28. The third-order valence-electron chi connectivity index (χ3n) is 3.61. The molecule has 1 fully saturated rings. The van der Waals surface area contributed by atoms with Gasteiger partial charge in [0.15, 0.2) is 0 Å². The molecule has 1 aliphatic rings. The van der Waals surface area contributed by atoms with Crippen LogP contribution < -0.4 is 5.32 Å². The summed E-state index contributed by atoms with van der Waals surface area (Å²) in [7, 11) is 0. The first-order valence-corrected chi connectivity index (χ1v) is 7.23. The smallest absolute Gasteiger partial charge is 0.273 e. The normalized spacial score (nSPS) is 16.5. The van der Waals surface area contributed by atoms with E-state index in [0.717, 1.165) is 19.3 Å². The number of carbonyl (C=O) groups is 1. The highest BCUT2D eigenvalue weighted by atomic mass is 79.9. The highest BCUT2D eigenvalue weighted by Crippen LogP contribution is 2.33. The van der Waals surface area contributed by atoms with Crippen LogP contribution in [-0.2, 0) is 0 Å². The Morgan fingerprint density at radius 2 is 2.21 bits per heavy atom. The Morgan fingerprint density at radius 3 is 2.68 bits per heavy atom. The van der Waals surface area contributed by atoms with Crippen LogP contribution in [-0.4, -0.2) is 21.7 Å². The number of alkyl halides is 1. The number of hydrogen-bond donors (Lipinski definition) is 1. The van der Waals surface area contributed by atoms with Crippen molar-refractivity contribution in [3.63, 3.8) is 0 Å². The molecule has 0 saturated heterocycles. The van der Waals surface area contributed by atoms with E-state index in [1.54, 1.807) is 19.1 Å². The molecular weight excluding hydrogens is 312 g/mol. The maximum absolute atomic E-state index is 12.1. The zero-order chi connectivity index (χ0) is 14.0. The van der Waals surface area contributed by atoms with Gasteiger partial charge in [-0.1, -0.05) is 22.0 Å². The number of nitrogens with zero attached hydrogens (tertiary/aromatic N) is 1. The number of aryl methyl sites for hydroxylation is 1. The second-order valence-electron chi connectivity index (χ2n) is 4.98. The number of rotatable bonds is 4. The zero-order valence-electron chi connectivity index (χ0n) is 10.6. The Morgan fingerprint density at radius 1 is 1.53 bits per heavy atom. The van der Waals surface area contributed by atoms with Crippen molar-refractivity contribution in [3.8, 4) is 0 Å². The monoisotopic (exact) mass is 326 g/mol. The molecule has 102 valence electrons. The molecule has 0 radical (unpaired) electrons. The minimum Gasteiger partial charge on any atom is -0.346 e. The number of benzene rings is 1. The molecule has 0 bridgehead atoms. The lowest BCUT2D eigenvalue weighted by Crippen LogP contribution is -2.54. The maximum Gasteiger partial charge on any atom is 0.273 e. The molecule has 5 nitrogen and oxygen atoms in total. The van der Waals surface area contributed by atoms with Crippen LogP contribution in [0.2, 0.25) is 0 Å². The van der Waals surface area contributed by atoms with Crippen molar-refractivity contribution in [2.75, 3.05) is 5.33 Å². The van der Waals surface area contributed by atoms with Gasteiger partial charge in [-0.05, 0) is 32.3 Å². The Bertz CT molecular complexity index is 521. The lowest BCUT2D eigenvalue weighted by atomic mass is 9.78. The topological polar surface area (TPSA) is 72.2 Å². The molecule has 0 atom stereocenters. The van der Waals surface area contributed by atoms with Gasteiger partial charge in [-0.15, -0.1) is 0 Å². The summed E-state index contributed by atoms with van der Waals surface area (Å²) >= 11 is 3.41. The van der Waals surface area contributed by atoms with Gasteiger partial charge in [0.1, 0.15) is 0 Å². The van der Waals surface area contributed by atoms with Crippen molar-refractivity contribution in [2.24, 2.45) is 0 Å². The summed E-state index contributed by atoms with van der Waals surface area (Å²) < 4.78 is 0. The van der Waals surface area contributed by atoms with E-state index in [0.29, 0.717) is 16.5 Å². The first kappa shape index (κ1) is 14.0. The predicted octanol–water partition coefficient (Wildman–Crippen LogP) is 2.95. The molecule has 19 heavy (non-hydrogen) atoms. The SMILES string of the molecule is Cc1ccc(C(=O)NC2(CBr)CCC2)cc1[N+](=O)[O-]. The van der Waals surface area contributed by atoms with Crippen molar-refractivity contribution < 1.29 is 9.72 Å². The molecule has 1 amide bonds. The maximum atomic E-state index is 12.1. The Labute approximate surface area is 119 Å². The summed E-state index contributed by atoms with van der Waals surface area (Å²) in [5, 5.41) is 14.6. The number of nitrogens with one attached hydrogen (secondary N) is 1. The van der Waals surface area contributed by atoms with Crippen LogP contribution in [0.3, 0.4) is 0 Å². The van der Waals surface area contributed by atoms with Crippen molar-refractivity contribution >= 4 is 27.5 Å². The molecule has 0 spiro atoms. The fourth-order valence-corrected chi connectivity index (χ4v) is 2.86. The summed E-state index contributed by atoms with van der Waals surface area (Å²) in [6, 6.07) is 4.57. The molecule has 2 rings (SSSR count). The molecule has 6 heteroatoms. The number of hydrogen-bond acceptors (Lipinski definition) is 3. The molecule has 0 aromatic heterocycles. The average molecular weight is 327 g/mol. The summed E-state index contributed by atoms with van der Waals surface area (Å²) in [5.74, 6) is -0.248. The van der Waals surface area contributed by atoms with Crippen molar-refractivity contribution in [1.29, 1.82) is 0 Å². The van der Waals surface area contributed by atoms with Crippen molar-refractivity contribution in [2.45, 2.75) is 31.7 Å². The van der Waals surface area contributed by atoms with Gasteiger partial charge in [-0.2, -0.15) is 0 Å². The van der Waals surface area contributed by atoms with Gasteiger partial charge in [0.2, 0.25) is 0 Å². The summed E-state index contributed by atoms with van der Waals surface area (Å²) in [5.41, 5.74) is 0.690. The molecule has 0 unspecified atom stereocenters. The number of halogens is 1. The summed E-state index contributed by atoms with van der Waals surface area (Å²) in [4.78, 5) is 22.6. The number of carbonyl (C=O) groups excluding carboxylic acids is 1. The van der Waals surface area contributed by atoms with E-state index in [-0.39, 0.29) is 17.1 Å². The predicted molar refractivity (Wildman–Crippen MR) is 75.7 cm³/mol. The lowest BCUT2D eigenvalue weighted by Gasteiger charge is -2.41. The Balaban J connectivity index is 2.20. The minimum atomic E-state index is -0.463. The van der Waals surface area contributed by atoms with E-state index >= 15 is 0 Å². The summed E-state index contributed by atoms with van der Waals surface area (Å²) in [6.07, 6.45) is 2.98. The first-order valence-electron chi connectivity index (χ1n) is 6.11. The fraction of sp³-hybridized carbons (Fsp3) is 0.462. The largest absolute Gasteiger partial charge is 0.346 e. The van der Waals surface area contributed by atoms with Gasteiger partial charge in [0.05, 0.1) is 10.5 Å². The molecule has 1 aromatic rings. The number of amides is 1. The van der Waals surface area contributed by atoms with Crippen LogP contribution in [0.25, 0.3) is 0 Å². The average Bonchev–Trinajstić information content (AvgIpc) is 2.33. The second-order valence-corrected chi connectivity index (χ2v) is 5.54. The molecule has 1 aliphatic carbocycles.